The van der Waals surface area contributed by atoms with Gasteiger partial charge >= 0.3 is 5.97 Å². The lowest BCUT2D eigenvalue weighted by molar-refractivity contribution is 0.0696. The lowest BCUT2D eigenvalue weighted by Crippen LogP contribution is -2.03. The fraction of sp³-hybridized carbons (Fsp3) is 0.154. The Morgan fingerprint density at radius 1 is 1.24 bits per heavy atom. The molecule has 0 saturated carbocycles. The Balaban J connectivity index is 2.37. The van der Waals surface area contributed by atoms with E-state index in [2.05, 4.69) is 5.32 Å². The second kappa shape index (κ2) is 4.59. The highest BCUT2D eigenvalue weighted by molar-refractivity contribution is 7.08. The van der Waals surface area contributed by atoms with E-state index in [1.54, 1.807) is 17.4 Å². The molecule has 1 heterocycles. The predicted molar refractivity (Wildman–Crippen MR) is 70.5 cm³/mol. The highest BCUT2D eigenvalue weighted by atomic mass is 32.1. The Morgan fingerprint density at radius 2 is 2.00 bits per heavy atom. The minimum atomic E-state index is -0.882. The average molecular weight is 247 g/mol. The molecule has 17 heavy (non-hydrogen) atoms. The first-order chi connectivity index (χ1) is 8.09. The van der Waals surface area contributed by atoms with Crippen molar-refractivity contribution in [1.82, 2.24) is 0 Å². The van der Waals surface area contributed by atoms with Crippen molar-refractivity contribution >= 4 is 28.7 Å². The van der Waals surface area contributed by atoms with E-state index in [1.165, 1.54) is 0 Å². The van der Waals surface area contributed by atoms with Crippen molar-refractivity contribution in [1.29, 1.82) is 0 Å². The van der Waals surface area contributed by atoms with Crippen LogP contribution in [0.1, 0.15) is 21.5 Å². The molecule has 0 fully saturated rings. The summed E-state index contributed by atoms with van der Waals surface area (Å²) in [5.41, 5.74) is 4.11. The number of nitrogens with one attached hydrogen (secondary N) is 1. The molecule has 1 aromatic carbocycles. The number of rotatable bonds is 3. The topological polar surface area (TPSA) is 49.3 Å². The molecule has 2 rings (SSSR count). The summed E-state index contributed by atoms with van der Waals surface area (Å²) >= 11 is 1.62. The second-order valence-corrected chi connectivity index (χ2v) is 4.63. The maximum atomic E-state index is 11.0. The van der Waals surface area contributed by atoms with E-state index in [0.29, 0.717) is 5.56 Å². The van der Waals surface area contributed by atoms with Crippen molar-refractivity contribution in [2.75, 3.05) is 5.32 Å². The summed E-state index contributed by atoms with van der Waals surface area (Å²) < 4.78 is 0. The molecule has 0 bridgehead atoms. The fourth-order valence-electron chi connectivity index (χ4n) is 1.68. The minimum Gasteiger partial charge on any atom is -0.478 e. The summed E-state index contributed by atoms with van der Waals surface area (Å²) in [6.07, 6.45) is 0. The van der Waals surface area contributed by atoms with Crippen molar-refractivity contribution in [2.45, 2.75) is 13.8 Å². The maximum absolute atomic E-state index is 11.0. The van der Waals surface area contributed by atoms with Crippen molar-refractivity contribution in [3.05, 3.63) is 45.6 Å². The Kier molecular flexibility index (Phi) is 3.15. The number of benzene rings is 1. The van der Waals surface area contributed by atoms with Crippen LogP contribution in [0.25, 0.3) is 0 Å². The summed E-state index contributed by atoms with van der Waals surface area (Å²) in [5, 5.41) is 16.3. The summed E-state index contributed by atoms with van der Waals surface area (Å²) in [4.78, 5) is 11.0. The van der Waals surface area contributed by atoms with Gasteiger partial charge in [-0.05, 0) is 48.6 Å². The zero-order valence-corrected chi connectivity index (χ0v) is 10.5. The third-order valence-corrected chi connectivity index (χ3v) is 3.50. The van der Waals surface area contributed by atoms with Gasteiger partial charge in [-0.3, -0.25) is 0 Å². The Labute approximate surface area is 104 Å². The largest absolute Gasteiger partial charge is 0.478 e. The van der Waals surface area contributed by atoms with Crippen LogP contribution in [-0.2, 0) is 0 Å². The van der Waals surface area contributed by atoms with E-state index in [1.807, 2.05) is 36.7 Å². The van der Waals surface area contributed by atoms with Crippen LogP contribution in [0.2, 0.25) is 0 Å². The molecule has 0 unspecified atom stereocenters. The van der Waals surface area contributed by atoms with E-state index in [4.69, 9.17) is 5.11 Å². The van der Waals surface area contributed by atoms with Crippen molar-refractivity contribution < 1.29 is 9.90 Å². The van der Waals surface area contributed by atoms with Gasteiger partial charge in [0.25, 0.3) is 0 Å². The molecular formula is C13H13NO2S. The average Bonchev–Trinajstić information content (AvgIpc) is 2.77. The molecule has 0 atom stereocenters. The van der Waals surface area contributed by atoms with Gasteiger partial charge in [-0.2, -0.15) is 11.3 Å². The van der Waals surface area contributed by atoms with Crippen molar-refractivity contribution in [3.8, 4) is 0 Å². The Bertz CT molecular complexity index is 547. The molecule has 0 aliphatic carbocycles. The van der Waals surface area contributed by atoms with Crippen molar-refractivity contribution in [3.63, 3.8) is 0 Å². The van der Waals surface area contributed by atoms with Gasteiger partial charge in [0.15, 0.2) is 0 Å². The van der Waals surface area contributed by atoms with Gasteiger partial charge in [-0.15, -0.1) is 0 Å². The van der Waals surface area contributed by atoms with E-state index in [-0.39, 0.29) is 0 Å². The summed E-state index contributed by atoms with van der Waals surface area (Å²) in [5.74, 6) is -0.882. The second-order valence-electron chi connectivity index (χ2n) is 3.85. The van der Waals surface area contributed by atoms with E-state index < -0.39 is 5.97 Å². The molecule has 2 aromatic rings. The Morgan fingerprint density at radius 3 is 2.59 bits per heavy atom. The van der Waals surface area contributed by atoms with Crippen LogP contribution in [0.3, 0.4) is 0 Å². The van der Waals surface area contributed by atoms with Crippen LogP contribution in [-0.4, -0.2) is 11.1 Å². The van der Waals surface area contributed by atoms with E-state index in [9.17, 15) is 4.79 Å². The lowest BCUT2D eigenvalue weighted by Gasteiger charge is -2.12. The van der Waals surface area contributed by atoms with Gasteiger partial charge in [0.1, 0.15) is 0 Å². The third kappa shape index (κ3) is 2.31. The van der Waals surface area contributed by atoms with Gasteiger partial charge in [-0.25, -0.2) is 4.79 Å². The zero-order chi connectivity index (χ0) is 12.4. The highest BCUT2D eigenvalue weighted by Crippen LogP contribution is 2.26. The molecular weight excluding hydrogens is 234 g/mol. The quantitative estimate of drug-likeness (QED) is 0.867. The standard InChI is InChI=1S/C13H13NO2S/c1-8-9(2)12(4-3-11(8)13(15)16)14-10-5-6-17-7-10/h3-7,14H,1-2H3,(H,15,16). The monoisotopic (exact) mass is 247 g/mol. The van der Waals surface area contributed by atoms with Crippen LogP contribution >= 0.6 is 11.3 Å². The number of aromatic carboxylic acids is 1. The molecule has 0 aliphatic heterocycles. The number of hydrogen-bond donors (Lipinski definition) is 2. The van der Waals surface area contributed by atoms with Gasteiger partial charge in [0, 0.05) is 16.8 Å². The van der Waals surface area contributed by atoms with E-state index in [0.717, 1.165) is 22.5 Å². The summed E-state index contributed by atoms with van der Waals surface area (Å²) in [6, 6.07) is 5.44. The molecule has 0 spiro atoms. The Hall–Kier alpha value is -1.81. The SMILES string of the molecule is Cc1c(Nc2ccsc2)ccc(C(=O)O)c1C. The number of anilines is 2. The first-order valence-electron chi connectivity index (χ1n) is 5.22. The predicted octanol–water partition coefficient (Wildman–Crippen LogP) is 3.81. The lowest BCUT2D eigenvalue weighted by atomic mass is 10.0. The normalized spacial score (nSPS) is 10.2. The number of carboxylic acids is 1. The molecule has 0 radical (unpaired) electrons. The molecule has 4 heteroatoms. The number of thiophene rings is 1. The summed E-state index contributed by atoms with van der Waals surface area (Å²) in [6.45, 7) is 3.76. The number of carboxylic acid groups (broad SMARTS) is 1. The molecule has 0 amide bonds. The number of hydrogen-bond acceptors (Lipinski definition) is 3. The van der Waals surface area contributed by atoms with Gasteiger partial charge in [0.2, 0.25) is 0 Å². The van der Waals surface area contributed by atoms with E-state index >= 15 is 0 Å². The zero-order valence-electron chi connectivity index (χ0n) is 9.65. The maximum Gasteiger partial charge on any atom is 0.335 e. The van der Waals surface area contributed by atoms with Crippen LogP contribution in [0.4, 0.5) is 11.4 Å². The van der Waals surface area contributed by atoms with Gasteiger partial charge < -0.3 is 10.4 Å². The van der Waals surface area contributed by atoms with Gasteiger partial charge in [-0.1, -0.05) is 0 Å². The molecule has 88 valence electrons. The molecule has 0 aliphatic rings. The first kappa shape index (κ1) is 11.7. The smallest absolute Gasteiger partial charge is 0.335 e. The third-order valence-electron chi connectivity index (χ3n) is 2.82. The van der Waals surface area contributed by atoms with Crippen LogP contribution in [0.15, 0.2) is 29.0 Å². The molecule has 2 N–H and O–H groups in total. The molecule has 0 saturated heterocycles. The van der Waals surface area contributed by atoms with Crippen molar-refractivity contribution in [2.24, 2.45) is 0 Å². The van der Waals surface area contributed by atoms with Crippen LogP contribution in [0.5, 0.6) is 0 Å². The van der Waals surface area contributed by atoms with Gasteiger partial charge in [0.05, 0.1) is 5.56 Å². The first-order valence-corrected chi connectivity index (χ1v) is 6.16. The number of carbonyl (C=O) groups is 1. The van der Waals surface area contributed by atoms with Crippen LogP contribution in [0, 0.1) is 13.8 Å². The fourth-order valence-corrected chi connectivity index (χ4v) is 2.27. The molecule has 1 aromatic heterocycles. The molecule has 3 nitrogen and oxygen atoms in total. The summed E-state index contributed by atoms with van der Waals surface area (Å²) in [7, 11) is 0. The highest BCUT2D eigenvalue weighted by Gasteiger charge is 2.11. The minimum absolute atomic E-state index is 0.360. The van der Waals surface area contributed by atoms with Crippen LogP contribution < -0.4 is 5.32 Å².